The molecule has 1 aliphatic rings. The normalized spacial score (nSPS) is 19.2. The van der Waals surface area contributed by atoms with Gasteiger partial charge in [-0.15, -0.1) is 0 Å². The molecule has 1 heterocycles. The highest BCUT2D eigenvalue weighted by molar-refractivity contribution is 6.42. The summed E-state index contributed by atoms with van der Waals surface area (Å²) in [4.78, 5) is 2.42. The number of benzene rings is 1. The molecule has 2 rings (SSSR count). The van der Waals surface area contributed by atoms with Gasteiger partial charge in [0.05, 0.1) is 10.0 Å². The van der Waals surface area contributed by atoms with Gasteiger partial charge in [-0.25, -0.2) is 0 Å². The zero-order valence-electron chi connectivity index (χ0n) is 12.3. The Balaban J connectivity index is 1.74. The molecule has 4 heteroatoms. The number of hydrogen-bond acceptors (Lipinski definition) is 2. The maximum Gasteiger partial charge on any atom is 0.0595 e. The fraction of sp³-hybridized carbons (Fsp3) is 0.625. The predicted octanol–water partition coefficient (Wildman–Crippen LogP) is 4.38. The molecule has 0 bridgehead atoms. The van der Waals surface area contributed by atoms with Crippen LogP contribution in [0.5, 0.6) is 0 Å². The van der Waals surface area contributed by atoms with E-state index in [0.717, 1.165) is 12.5 Å². The van der Waals surface area contributed by atoms with Gasteiger partial charge in [-0.1, -0.05) is 29.3 Å². The van der Waals surface area contributed by atoms with Gasteiger partial charge in [-0.3, -0.25) is 0 Å². The molecule has 0 aliphatic carbocycles. The van der Waals surface area contributed by atoms with E-state index in [1.165, 1.54) is 37.9 Å². The van der Waals surface area contributed by atoms with Crippen molar-refractivity contribution in [2.75, 3.05) is 26.7 Å². The smallest absolute Gasteiger partial charge is 0.0595 e. The molecule has 20 heavy (non-hydrogen) atoms. The van der Waals surface area contributed by atoms with Crippen molar-refractivity contribution < 1.29 is 0 Å². The average molecular weight is 315 g/mol. The highest BCUT2D eigenvalue weighted by Crippen LogP contribution is 2.26. The van der Waals surface area contributed by atoms with Crippen molar-refractivity contribution in [1.29, 1.82) is 0 Å². The third-order valence-electron chi connectivity index (χ3n) is 4.28. The summed E-state index contributed by atoms with van der Waals surface area (Å²) in [6, 6.07) is 6.18. The molecule has 1 saturated heterocycles. The van der Waals surface area contributed by atoms with Crippen molar-refractivity contribution in [2.24, 2.45) is 5.92 Å². The van der Waals surface area contributed by atoms with Gasteiger partial charge in [0.25, 0.3) is 0 Å². The third-order valence-corrected chi connectivity index (χ3v) is 5.02. The molecule has 0 aromatic heterocycles. The number of halogens is 2. The van der Waals surface area contributed by atoms with Crippen molar-refractivity contribution in [2.45, 2.75) is 32.2 Å². The fourth-order valence-corrected chi connectivity index (χ4v) is 3.06. The monoisotopic (exact) mass is 314 g/mol. The van der Waals surface area contributed by atoms with Crippen LogP contribution in [0.3, 0.4) is 0 Å². The zero-order chi connectivity index (χ0) is 14.5. The summed E-state index contributed by atoms with van der Waals surface area (Å²) in [6.07, 6.45) is 3.93. The van der Waals surface area contributed by atoms with Gasteiger partial charge in [0.1, 0.15) is 0 Å². The second-order valence-electron chi connectivity index (χ2n) is 5.88. The van der Waals surface area contributed by atoms with Crippen LogP contribution >= 0.6 is 23.2 Å². The van der Waals surface area contributed by atoms with E-state index in [4.69, 9.17) is 23.2 Å². The maximum atomic E-state index is 6.06. The standard InChI is InChI=1S/C16H24Cl2N2/c1-12(14-3-4-15(17)16(18)11-14)19-8-5-13-6-9-20(2)10-7-13/h3-4,11-13,19H,5-10H2,1-2H3. The van der Waals surface area contributed by atoms with Gasteiger partial charge < -0.3 is 10.2 Å². The number of piperidine rings is 1. The second kappa shape index (κ2) is 7.65. The number of nitrogens with one attached hydrogen (secondary N) is 1. The molecule has 1 aliphatic heterocycles. The van der Waals surface area contributed by atoms with Crippen molar-refractivity contribution >= 4 is 23.2 Å². The first-order valence-corrected chi connectivity index (χ1v) is 8.18. The second-order valence-corrected chi connectivity index (χ2v) is 6.70. The minimum atomic E-state index is 0.316. The summed E-state index contributed by atoms with van der Waals surface area (Å²) in [5.41, 5.74) is 1.20. The summed E-state index contributed by atoms with van der Waals surface area (Å²) in [7, 11) is 2.21. The lowest BCUT2D eigenvalue weighted by Crippen LogP contribution is -2.32. The van der Waals surface area contributed by atoms with Crippen molar-refractivity contribution in [3.8, 4) is 0 Å². The van der Waals surface area contributed by atoms with Crippen molar-refractivity contribution in [1.82, 2.24) is 10.2 Å². The Bertz CT molecular complexity index is 428. The Hall–Kier alpha value is -0.280. The summed E-state index contributed by atoms with van der Waals surface area (Å²) in [5, 5.41) is 4.84. The Morgan fingerprint density at radius 1 is 1.25 bits per heavy atom. The lowest BCUT2D eigenvalue weighted by molar-refractivity contribution is 0.211. The number of hydrogen-bond donors (Lipinski definition) is 1. The van der Waals surface area contributed by atoms with E-state index in [2.05, 4.69) is 24.2 Å². The minimum Gasteiger partial charge on any atom is -0.310 e. The van der Waals surface area contributed by atoms with Crippen LogP contribution in [0, 0.1) is 5.92 Å². The van der Waals surface area contributed by atoms with Gasteiger partial charge in [-0.2, -0.15) is 0 Å². The Kier molecular flexibility index (Phi) is 6.16. The number of likely N-dealkylation sites (tertiary alicyclic amines) is 1. The van der Waals surface area contributed by atoms with Crippen molar-refractivity contribution in [3.05, 3.63) is 33.8 Å². The summed E-state index contributed by atoms with van der Waals surface area (Å²) in [6.45, 7) is 5.73. The molecule has 1 unspecified atom stereocenters. The molecule has 0 saturated carbocycles. The first kappa shape index (κ1) is 16.1. The van der Waals surface area contributed by atoms with Gasteiger partial charge >= 0.3 is 0 Å². The topological polar surface area (TPSA) is 15.3 Å². The van der Waals surface area contributed by atoms with Crippen LogP contribution in [-0.4, -0.2) is 31.6 Å². The highest BCUT2D eigenvalue weighted by atomic mass is 35.5. The molecule has 1 aromatic carbocycles. The van der Waals surface area contributed by atoms with Crippen LogP contribution in [0.25, 0.3) is 0 Å². The largest absolute Gasteiger partial charge is 0.310 e. The Labute approximate surface area is 132 Å². The molecule has 112 valence electrons. The fourth-order valence-electron chi connectivity index (χ4n) is 2.75. The van der Waals surface area contributed by atoms with Crippen LogP contribution in [0.15, 0.2) is 18.2 Å². The van der Waals surface area contributed by atoms with E-state index in [0.29, 0.717) is 16.1 Å². The van der Waals surface area contributed by atoms with E-state index in [1.54, 1.807) is 0 Å². The molecular formula is C16H24Cl2N2. The molecule has 2 nitrogen and oxygen atoms in total. The van der Waals surface area contributed by atoms with Gasteiger partial charge in [0.2, 0.25) is 0 Å². The quantitative estimate of drug-likeness (QED) is 0.867. The molecule has 1 fully saturated rings. The number of rotatable bonds is 5. The van der Waals surface area contributed by atoms with E-state index in [-0.39, 0.29) is 0 Å². The van der Waals surface area contributed by atoms with Gasteiger partial charge in [-0.05, 0) is 76.5 Å². The van der Waals surface area contributed by atoms with Crippen LogP contribution in [0.1, 0.15) is 37.8 Å². The first-order valence-electron chi connectivity index (χ1n) is 7.43. The van der Waals surface area contributed by atoms with E-state index < -0.39 is 0 Å². The van der Waals surface area contributed by atoms with Gasteiger partial charge in [0.15, 0.2) is 0 Å². The van der Waals surface area contributed by atoms with Crippen LogP contribution < -0.4 is 5.32 Å². The SMILES string of the molecule is CC(NCCC1CCN(C)CC1)c1ccc(Cl)c(Cl)c1. The summed E-state index contributed by atoms with van der Waals surface area (Å²) in [5.74, 6) is 0.875. The van der Waals surface area contributed by atoms with E-state index >= 15 is 0 Å². The Morgan fingerprint density at radius 3 is 2.60 bits per heavy atom. The number of nitrogens with zero attached hydrogens (tertiary/aromatic N) is 1. The lowest BCUT2D eigenvalue weighted by atomic mass is 9.93. The third kappa shape index (κ3) is 4.63. The molecule has 1 N–H and O–H groups in total. The lowest BCUT2D eigenvalue weighted by Gasteiger charge is -2.29. The molecule has 1 atom stereocenters. The molecule has 0 amide bonds. The molecule has 0 radical (unpaired) electrons. The van der Waals surface area contributed by atoms with E-state index in [9.17, 15) is 0 Å². The van der Waals surface area contributed by atoms with Crippen molar-refractivity contribution in [3.63, 3.8) is 0 Å². The average Bonchev–Trinajstić information content (AvgIpc) is 2.44. The maximum absolute atomic E-state index is 6.06. The predicted molar refractivity (Wildman–Crippen MR) is 87.7 cm³/mol. The highest BCUT2D eigenvalue weighted by Gasteiger charge is 2.16. The first-order chi connectivity index (χ1) is 9.56. The minimum absolute atomic E-state index is 0.316. The summed E-state index contributed by atoms with van der Waals surface area (Å²) < 4.78 is 0. The van der Waals surface area contributed by atoms with Crippen LogP contribution in [0.4, 0.5) is 0 Å². The Morgan fingerprint density at radius 2 is 1.95 bits per heavy atom. The zero-order valence-corrected chi connectivity index (χ0v) is 13.8. The summed E-state index contributed by atoms with van der Waals surface area (Å²) >= 11 is 12.0. The molecular weight excluding hydrogens is 291 g/mol. The van der Waals surface area contributed by atoms with Crippen LogP contribution in [0.2, 0.25) is 10.0 Å². The molecule has 1 aromatic rings. The van der Waals surface area contributed by atoms with Crippen LogP contribution in [-0.2, 0) is 0 Å². The molecule has 0 spiro atoms. The van der Waals surface area contributed by atoms with E-state index in [1.807, 2.05) is 18.2 Å². The van der Waals surface area contributed by atoms with Gasteiger partial charge in [0, 0.05) is 6.04 Å².